The van der Waals surface area contributed by atoms with Crippen molar-refractivity contribution < 1.29 is 0 Å². The van der Waals surface area contributed by atoms with Crippen molar-refractivity contribution in [1.82, 2.24) is 20.0 Å². The van der Waals surface area contributed by atoms with E-state index in [4.69, 9.17) is 0 Å². The third kappa shape index (κ3) is 7.90. The van der Waals surface area contributed by atoms with Gasteiger partial charge in [-0.15, -0.1) is 24.0 Å². The number of benzene rings is 1. The Labute approximate surface area is 194 Å². The molecule has 1 aromatic carbocycles. The number of rotatable bonds is 6. The first-order chi connectivity index (χ1) is 13.8. The summed E-state index contributed by atoms with van der Waals surface area (Å²) in [7, 11) is 1.91. The quantitative estimate of drug-likeness (QED) is 0.362. The van der Waals surface area contributed by atoms with Gasteiger partial charge in [0.1, 0.15) is 0 Å². The molecule has 2 aliphatic rings. The number of hydrogen-bond donors (Lipinski definition) is 1. The van der Waals surface area contributed by atoms with Gasteiger partial charge in [0.15, 0.2) is 5.96 Å². The fourth-order valence-corrected chi connectivity index (χ4v) is 4.22. The molecule has 0 aromatic heterocycles. The smallest absolute Gasteiger partial charge is 0.193 e. The second-order valence-corrected chi connectivity index (χ2v) is 7.93. The van der Waals surface area contributed by atoms with Gasteiger partial charge in [0.25, 0.3) is 0 Å². The average molecular weight is 511 g/mol. The number of halogens is 1. The Morgan fingerprint density at radius 2 is 1.86 bits per heavy atom. The van der Waals surface area contributed by atoms with Crippen LogP contribution in [0.15, 0.2) is 41.4 Å². The Morgan fingerprint density at radius 1 is 1.10 bits per heavy atom. The van der Waals surface area contributed by atoms with Crippen molar-refractivity contribution in [2.24, 2.45) is 10.9 Å². The average Bonchev–Trinajstić information content (AvgIpc) is 2.76. The van der Waals surface area contributed by atoms with Crippen molar-refractivity contribution >= 4 is 36.0 Å². The van der Waals surface area contributed by atoms with Crippen molar-refractivity contribution in [3.8, 4) is 0 Å². The minimum absolute atomic E-state index is 0. The van der Waals surface area contributed by atoms with E-state index in [9.17, 15) is 0 Å². The van der Waals surface area contributed by atoms with Gasteiger partial charge in [-0.25, -0.2) is 0 Å². The summed E-state index contributed by atoms with van der Waals surface area (Å²) in [5.41, 5.74) is 1.27. The lowest BCUT2D eigenvalue weighted by Gasteiger charge is -2.37. The molecule has 0 spiro atoms. The molecule has 29 heavy (non-hydrogen) atoms. The van der Waals surface area contributed by atoms with Gasteiger partial charge in [-0.05, 0) is 37.4 Å². The molecule has 3 rings (SSSR count). The van der Waals surface area contributed by atoms with Crippen molar-refractivity contribution in [2.45, 2.75) is 19.8 Å². The molecule has 1 aromatic rings. The van der Waals surface area contributed by atoms with Crippen molar-refractivity contribution in [1.29, 1.82) is 0 Å². The normalized spacial score (nSPS) is 21.9. The van der Waals surface area contributed by atoms with Crippen LogP contribution in [-0.2, 0) is 0 Å². The molecule has 2 fully saturated rings. The SMILES string of the molecule is CCN1CCCC(CNC(=NC)N2CCN(C/C=C/c3ccccc3)CC2)C1.I. The van der Waals surface area contributed by atoms with Crippen molar-refractivity contribution in [3.63, 3.8) is 0 Å². The maximum absolute atomic E-state index is 4.55. The first-order valence-electron chi connectivity index (χ1n) is 10.9. The Kier molecular flexibility index (Phi) is 11.0. The number of nitrogens with zero attached hydrogens (tertiary/aromatic N) is 4. The molecule has 162 valence electrons. The minimum atomic E-state index is 0. The summed E-state index contributed by atoms with van der Waals surface area (Å²) in [5, 5.41) is 3.65. The summed E-state index contributed by atoms with van der Waals surface area (Å²) in [6.07, 6.45) is 7.16. The topological polar surface area (TPSA) is 34.1 Å². The summed E-state index contributed by atoms with van der Waals surface area (Å²) in [4.78, 5) is 12.0. The van der Waals surface area contributed by atoms with Gasteiger partial charge < -0.3 is 15.1 Å². The van der Waals surface area contributed by atoms with Gasteiger partial charge in [-0.2, -0.15) is 0 Å². The summed E-state index contributed by atoms with van der Waals surface area (Å²) >= 11 is 0. The Morgan fingerprint density at radius 3 is 2.55 bits per heavy atom. The van der Waals surface area contributed by atoms with E-state index in [1.165, 1.54) is 38.0 Å². The van der Waals surface area contributed by atoms with Crippen LogP contribution in [0, 0.1) is 5.92 Å². The standard InChI is InChI=1S/C23H37N5.HI/c1-3-26-13-8-12-22(20-26)19-25-23(24-2)28-17-15-27(16-18-28)14-7-11-21-9-5-4-6-10-21;/h4-7,9-11,22H,3,8,12-20H2,1-2H3,(H,24,25);1H/b11-7+;. The van der Waals surface area contributed by atoms with Crippen LogP contribution in [0.5, 0.6) is 0 Å². The summed E-state index contributed by atoms with van der Waals surface area (Å²) in [5.74, 6) is 1.82. The molecule has 0 aliphatic carbocycles. The van der Waals surface area contributed by atoms with Crippen LogP contribution in [0.4, 0.5) is 0 Å². The van der Waals surface area contributed by atoms with Crippen LogP contribution in [0.2, 0.25) is 0 Å². The fourth-order valence-electron chi connectivity index (χ4n) is 4.22. The fraction of sp³-hybridized carbons (Fsp3) is 0.609. The van der Waals surface area contributed by atoms with E-state index in [1.807, 2.05) is 7.05 Å². The first kappa shape index (κ1) is 24.2. The van der Waals surface area contributed by atoms with Gasteiger partial charge >= 0.3 is 0 Å². The molecule has 2 saturated heterocycles. The van der Waals surface area contributed by atoms with E-state index in [0.717, 1.165) is 51.1 Å². The third-order valence-corrected chi connectivity index (χ3v) is 5.96. The van der Waals surface area contributed by atoms with E-state index < -0.39 is 0 Å². The minimum Gasteiger partial charge on any atom is -0.356 e. The molecule has 2 heterocycles. The Hall–Kier alpha value is -1.12. The Bertz CT molecular complexity index is 625. The summed E-state index contributed by atoms with van der Waals surface area (Å²) < 4.78 is 0. The molecule has 0 radical (unpaired) electrons. The molecule has 2 aliphatic heterocycles. The zero-order valence-electron chi connectivity index (χ0n) is 18.1. The largest absolute Gasteiger partial charge is 0.356 e. The van der Waals surface area contributed by atoms with Crippen LogP contribution < -0.4 is 5.32 Å². The van der Waals surface area contributed by atoms with Gasteiger partial charge in [-0.3, -0.25) is 9.89 Å². The van der Waals surface area contributed by atoms with Crippen LogP contribution in [0.1, 0.15) is 25.3 Å². The van der Waals surface area contributed by atoms with Crippen LogP contribution in [0.25, 0.3) is 6.08 Å². The molecule has 5 nitrogen and oxygen atoms in total. The number of piperidine rings is 1. The van der Waals surface area contributed by atoms with E-state index >= 15 is 0 Å². The van der Waals surface area contributed by atoms with Crippen molar-refractivity contribution in [2.75, 3.05) is 66.0 Å². The zero-order chi connectivity index (χ0) is 19.6. The van der Waals surface area contributed by atoms with E-state index in [2.05, 4.69) is 74.4 Å². The predicted molar refractivity (Wildman–Crippen MR) is 135 cm³/mol. The predicted octanol–water partition coefficient (Wildman–Crippen LogP) is 3.24. The van der Waals surface area contributed by atoms with Gasteiger partial charge in [0.05, 0.1) is 0 Å². The second kappa shape index (κ2) is 13.2. The maximum Gasteiger partial charge on any atom is 0.193 e. The van der Waals surface area contributed by atoms with Gasteiger partial charge in [-0.1, -0.05) is 49.4 Å². The molecule has 0 amide bonds. The highest BCUT2D eigenvalue weighted by atomic mass is 127. The Balaban J connectivity index is 0.00000300. The van der Waals surface area contributed by atoms with E-state index in [-0.39, 0.29) is 24.0 Å². The first-order valence-corrected chi connectivity index (χ1v) is 10.9. The monoisotopic (exact) mass is 511 g/mol. The number of guanidine groups is 1. The molecular formula is C23H38IN5. The van der Waals surface area contributed by atoms with Crippen LogP contribution >= 0.6 is 24.0 Å². The number of piperazine rings is 1. The highest BCUT2D eigenvalue weighted by Crippen LogP contribution is 2.15. The van der Waals surface area contributed by atoms with E-state index in [1.54, 1.807) is 0 Å². The molecule has 1 atom stereocenters. The lowest BCUT2D eigenvalue weighted by Crippen LogP contribution is -2.53. The van der Waals surface area contributed by atoms with Crippen LogP contribution in [-0.4, -0.2) is 86.6 Å². The zero-order valence-corrected chi connectivity index (χ0v) is 20.4. The lowest BCUT2D eigenvalue weighted by atomic mass is 9.98. The summed E-state index contributed by atoms with van der Waals surface area (Å²) in [6, 6.07) is 10.5. The molecule has 6 heteroatoms. The molecule has 0 saturated carbocycles. The number of hydrogen-bond acceptors (Lipinski definition) is 3. The maximum atomic E-state index is 4.55. The van der Waals surface area contributed by atoms with E-state index in [0.29, 0.717) is 0 Å². The molecule has 0 bridgehead atoms. The molecule has 1 N–H and O–H groups in total. The highest BCUT2D eigenvalue weighted by Gasteiger charge is 2.22. The third-order valence-electron chi connectivity index (χ3n) is 5.96. The lowest BCUT2D eigenvalue weighted by molar-refractivity contribution is 0.178. The van der Waals surface area contributed by atoms with Crippen LogP contribution in [0.3, 0.4) is 0 Å². The number of aliphatic imine (C=N–C) groups is 1. The van der Waals surface area contributed by atoms with Crippen molar-refractivity contribution in [3.05, 3.63) is 42.0 Å². The molecular weight excluding hydrogens is 473 g/mol. The second-order valence-electron chi connectivity index (χ2n) is 7.93. The van der Waals surface area contributed by atoms with Gasteiger partial charge in [0, 0.05) is 52.9 Å². The summed E-state index contributed by atoms with van der Waals surface area (Å²) in [6.45, 7) is 12.3. The number of likely N-dealkylation sites (tertiary alicyclic amines) is 1. The van der Waals surface area contributed by atoms with Gasteiger partial charge in [0.2, 0.25) is 0 Å². The number of nitrogens with one attached hydrogen (secondary N) is 1. The highest BCUT2D eigenvalue weighted by molar-refractivity contribution is 14.0. The molecule has 1 unspecified atom stereocenters.